The lowest BCUT2D eigenvalue weighted by Gasteiger charge is -2.38. The van der Waals surface area contributed by atoms with Crippen LogP contribution < -0.4 is 5.32 Å². The maximum absolute atomic E-state index is 12.3. The summed E-state index contributed by atoms with van der Waals surface area (Å²) in [6, 6.07) is 1.25. The summed E-state index contributed by atoms with van der Waals surface area (Å²) < 4.78 is 31.7. The van der Waals surface area contributed by atoms with E-state index in [0.717, 1.165) is 0 Å². The van der Waals surface area contributed by atoms with Gasteiger partial charge >= 0.3 is 6.09 Å². The number of nitrogens with zero attached hydrogens (tertiary/aromatic N) is 2. The Kier molecular flexibility index (Phi) is 4.78. The first-order valence-electron chi connectivity index (χ1n) is 6.68. The third-order valence-electron chi connectivity index (χ3n) is 2.89. The molecule has 1 fully saturated rings. The summed E-state index contributed by atoms with van der Waals surface area (Å²) in [5.41, 5.74) is -0.582. The van der Waals surface area contributed by atoms with Crippen LogP contribution in [0.5, 0.6) is 0 Å². The fraction of sp³-hybridized carbons (Fsp3) is 0.538. The summed E-state index contributed by atoms with van der Waals surface area (Å²) in [6.07, 6.45) is 2.27. The Morgan fingerprint density at radius 2 is 2.05 bits per heavy atom. The molecule has 0 aromatic carbocycles. The number of alkyl carbamates (subject to hydrolysis) is 1. The second-order valence-electron chi connectivity index (χ2n) is 6.00. The molecule has 0 unspecified atom stereocenters. The van der Waals surface area contributed by atoms with Crippen LogP contribution in [0.15, 0.2) is 27.8 Å². The standard InChI is InChI=1S/C13H18BrN3O4S/c1-13(2,3)21-12(18)16-10-7-17(8-10)22(19,20)11-4-9(14)5-15-6-11/h4-6,10H,7-8H2,1-3H3,(H,16,18). The van der Waals surface area contributed by atoms with Crippen molar-refractivity contribution in [3.63, 3.8) is 0 Å². The Hall–Kier alpha value is -1.19. The molecule has 0 saturated carbocycles. The molecule has 1 aromatic heterocycles. The lowest BCUT2D eigenvalue weighted by atomic mass is 10.2. The van der Waals surface area contributed by atoms with Crippen LogP contribution in [0.25, 0.3) is 0 Å². The third-order valence-corrected chi connectivity index (χ3v) is 5.12. The number of rotatable bonds is 3. The van der Waals surface area contributed by atoms with Gasteiger partial charge in [0.05, 0.1) is 6.04 Å². The molecule has 2 heterocycles. The van der Waals surface area contributed by atoms with Crippen molar-refractivity contribution in [2.75, 3.05) is 13.1 Å². The van der Waals surface area contributed by atoms with E-state index in [9.17, 15) is 13.2 Å². The van der Waals surface area contributed by atoms with E-state index in [1.165, 1.54) is 22.8 Å². The number of carbonyl (C=O) groups is 1. The van der Waals surface area contributed by atoms with Gasteiger partial charge in [0.1, 0.15) is 10.5 Å². The highest BCUT2D eigenvalue weighted by Gasteiger charge is 2.38. The number of nitrogens with one attached hydrogen (secondary N) is 1. The van der Waals surface area contributed by atoms with Gasteiger partial charge in [0.15, 0.2) is 0 Å². The zero-order valence-corrected chi connectivity index (χ0v) is 14.9. The molecule has 1 N–H and O–H groups in total. The molecule has 22 heavy (non-hydrogen) atoms. The predicted molar refractivity (Wildman–Crippen MR) is 83.9 cm³/mol. The number of amides is 1. The van der Waals surface area contributed by atoms with Crippen LogP contribution in [-0.4, -0.2) is 48.5 Å². The number of pyridine rings is 1. The molecule has 7 nitrogen and oxygen atoms in total. The van der Waals surface area contributed by atoms with E-state index in [0.29, 0.717) is 4.47 Å². The minimum Gasteiger partial charge on any atom is -0.444 e. The summed E-state index contributed by atoms with van der Waals surface area (Å²) in [6.45, 7) is 5.74. The molecule has 9 heteroatoms. The van der Waals surface area contributed by atoms with Gasteiger partial charge in [-0.15, -0.1) is 0 Å². The minimum atomic E-state index is -3.58. The lowest BCUT2D eigenvalue weighted by molar-refractivity contribution is 0.0459. The number of halogens is 1. The van der Waals surface area contributed by atoms with E-state index in [2.05, 4.69) is 26.2 Å². The van der Waals surface area contributed by atoms with Crippen molar-refractivity contribution < 1.29 is 17.9 Å². The average molecular weight is 392 g/mol. The van der Waals surface area contributed by atoms with Crippen LogP contribution in [0.3, 0.4) is 0 Å². The van der Waals surface area contributed by atoms with E-state index in [-0.39, 0.29) is 24.0 Å². The molecule has 0 atom stereocenters. The lowest BCUT2D eigenvalue weighted by Crippen LogP contribution is -2.61. The number of carbonyl (C=O) groups excluding carboxylic acids is 1. The number of hydrogen-bond acceptors (Lipinski definition) is 5. The molecule has 0 bridgehead atoms. The SMILES string of the molecule is CC(C)(C)OC(=O)NC1CN(S(=O)(=O)c2cncc(Br)c2)C1. The number of sulfonamides is 1. The van der Waals surface area contributed by atoms with Crippen LogP contribution in [0.1, 0.15) is 20.8 Å². The van der Waals surface area contributed by atoms with Crippen molar-refractivity contribution in [3.05, 3.63) is 22.9 Å². The molecule has 0 aliphatic carbocycles. The van der Waals surface area contributed by atoms with Gasteiger partial charge in [-0.2, -0.15) is 4.31 Å². The maximum Gasteiger partial charge on any atom is 0.407 e. The second-order valence-corrected chi connectivity index (χ2v) is 8.86. The van der Waals surface area contributed by atoms with Crippen molar-refractivity contribution in [3.8, 4) is 0 Å². The van der Waals surface area contributed by atoms with E-state index in [4.69, 9.17) is 4.74 Å². The largest absolute Gasteiger partial charge is 0.444 e. The summed E-state index contributed by atoms with van der Waals surface area (Å²) in [5, 5.41) is 2.65. The quantitative estimate of drug-likeness (QED) is 0.847. The highest BCUT2D eigenvalue weighted by Crippen LogP contribution is 2.23. The third kappa shape index (κ3) is 4.17. The summed E-state index contributed by atoms with van der Waals surface area (Å²) in [7, 11) is -3.58. The molecule has 1 saturated heterocycles. The normalized spacial score (nSPS) is 16.9. The zero-order valence-electron chi connectivity index (χ0n) is 12.5. The van der Waals surface area contributed by atoms with Crippen LogP contribution in [0.4, 0.5) is 4.79 Å². The van der Waals surface area contributed by atoms with Crippen LogP contribution in [-0.2, 0) is 14.8 Å². The highest BCUT2D eigenvalue weighted by molar-refractivity contribution is 9.10. The van der Waals surface area contributed by atoms with Gasteiger partial charge in [-0.1, -0.05) is 0 Å². The summed E-state index contributed by atoms with van der Waals surface area (Å²) in [4.78, 5) is 15.6. The Labute approximate surface area is 138 Å². The molecule has 0 radical (unpaired) electrons. The van der Waals surface area contributed by atoms with Gasteiger partial charge in [-0.25, -0.2) is 13.2 Å². The van der Waals surface area contributed by atoms with Crippen molar-refractivity contribution in [2.24, 2.45) is 0 Å². The molecule has 122 valence electrons. The van der Waals surface area contributed by atoms with E-state index < -0.39 is 21.7 Å². The molecular formula is C13H18BrN3O4S. The van der Waals surface area contributed by atoms with Gasteiger partial charge in [0.25, 0.3) is 0 Å². The van der Waals surface area contributed by atoms with Gasteiger partial charge in [0, 0.05) is 30.0 Å². The predicted octanol–water partition coefficient (Wildman–Crippen LogP) is 1.74. The maximum atomic E-state index is 12.3. The molecular weight excluding hydrogens is 374 g/mol. The minimum absolute atomic E-state index is 0.123. The summed E-state index contributed by atoms with van der Waals surface area (Å²) >= 11 is 3.20. The smallest absolute Gasteiger partial charge is 0.407 e. The molecule has 2 rings (SSSR count). The second kappa shape index (κ2) is 6.13. The average Bonchev–Trinajstić information content (AvgIpc) is 2.30. The van der Waals surface area contributed by atoms with E-state index in [1.807, 2.05) is 0 Å². The van der Waals surface area contributed by atoms with Crippen LogP contribution in [0, 0.1) is 0 Å². The van der Waals surface area contributed by atoms with Gasteiger partial charge < -0.3 is 10.1 Å². The monoisotopic (exact) mass is 391 g/mol. The number of aromatic nitrogens is 1. The first kappa shape index (κ1) is 17.2. The van der Waals surface area contributed by atoms with E-state index in [1.54, 1.807) is 20.8 Å². The van der Waals surface area contributed by atoms with Crippen LogP contribution in [0.2, 0.25) is 0 Å². The molecule has 1 aliphatic rings. The Morgan fingerprint density at radius 1 is 1.41 bits per heavy atom. The zero-order chi connectivity index (χ0) is 16.5. The van der Waals surface area contributed by atoms with Gasteiger partial charge in [0.2, 0.25) is 10.0 Å². The fourth-order valence-corrected chi connectivity index (χ4v) is 3.92. The first-order valence-corrected chi connectivity index (χ1v) is 8.91. The summed E-state index contributed by atoms with van der Waals surface area (Å²) in [5.74, 6) is 0. The highest BCUT2D eigenvalue weighted by atomic mass is 79.9. The Bertz CT molecular complexity index is 666. The molecule has 0 spiro atoms. The molecule has 1 amide bonds. The van der Waals surface area contributed by atoms with Gasteiger partial charge in [-0.05, 0) is 42.8 Å². The molecule has 1 aliphatic heterocycles. The first-order chi connectivity index (χ1) is 10.1. The van der Waals surface area contributed by atoms with Crippen molar-refractivity contribution in [2.45, 2.75) is 37.3 Å². The van der Waals surface area contributed by atoms with E-state index >= 15 is 0 Å². The fourth-order valence-electron chi connectivity index (χ4n) is 1.88. The number of hydrogen-bond donors (Lipinski definition) is 1. The van der Waals surface area contributed by atoms with Gasteiger partial charge in [-0.3, -0.25) is 4.98 Å². The van der Waals surface area contributed by atoms with Crippen molar-refractivity contribution >= 4 is 32.0 Å². The molecule has 1 aromatic rings. The Morgan fingerprint density at radius 3 is 2.59 bits per heavy atom. The van der Waals surface area contributed by atoms with Crippen molar-refractivity contribution in [1.82, 2.24) is 14.6 Å². The topological polar surface area (TPSA) is 88.6 Å². The van der Waals surface area contributed by atoms with Crippen molar-refractivity contribution in [1.29, 1.82) is 0 Å². The Balaban J connectivity index is 1.92. The van der Waals surface area contributed by atoms with Crippen LogP contribution >= 0.6 is 15.9 Å². The number of ether oxygens (including phenoxy) is 1.